The van der Waals surface area contributed by atoms with Crippen LogP contribution in [0.2, 0.25) is 5.02 Å². The summed E-state index contributed by atoms with van der Waals surface area (Å²) in [6.07, 6.45) is -1.07. The van der Waals surface area contributed by atoms with Gasteiger partial charge in [-0.25, -0.2) is 0 Å². The van der Waals surface area contributed by atoms with E-state index in [4.69, 9.17) is 11.6 Å². The SMILES string of the molecule is Cc1ccc(N2CC(C#Cc3cnn(C(C)(C)C(=O)Nc4ccc(C(F)(F)F)cc4Cl)c3)C2)cc1C(=O)N(C=O)C1CCC(=O)NC1=O. The average molecular weight is 683 g/mol. The smallest absolute Gasteiger partial charge is 0.369 e. The Bertz CT molecular complexity index is 1870. The van der Waals surface area contributed by atoms with Gasteiger partial charge in [0, 0.05) is 37.0 Å². The number of halogens is 4. The number of alkyl halides is 3. The molecule has 250 valence electrons. The average Bonchev–Trinajstić information content (AvgIpc) is 3.49. The normalized spacial score (nSPS) is 16.7. The molecule has 2 aromatic carbocycles. The van der Waals surface area contributed by atoms with Crippen LogP contribution in [0.3, 0.4) is 0 Å². The highest BCUT2D eigenvalue weighted by Gasteiger charge is 2.36. The maximum absolute atomic E-state index is 13.3. The third-order valence-electron chi connectivity index (χ3n) is 8.27. The van der Waals surface area contributed by atoms with Gasteiger partial charge in [-0.05, 0) is 63.1 Å². The van der Waals surface area contributed by atoms with E-state index in [9.17, 15) is 37.1 Å². The number of anilines is 2. The molecule has 0 aliphatic carbocycles. The van der Waals surface area contributed by atoms with E-state index < -0.39 is 46.9 Å². The maximum atomic E-state index is 13.3. The quantitative estimate of drug-likeness (QED) is 0.218. The van der Waals surface area contributed by atoms with Crippen LogP contribution in [-0.2, 0) is 30.9 Å². The number of carbonyl (C=O) groups excluding carboxylic acids is 5. The van der Waals surface area contributed by atoms with Crippen LogP contribution in [0.1, 0.15) is 53.7 Å². The zero-order valence-electron chi connectivity index (χ0n) is 26.0. The summed E-state index contributed by atoms with van der Waals surface area (Å²) in [6.45, 7) is 6.03. The summed E-state index contributed by atoms with van der Waals surface area (Å²) in [7, 11) is 0. The second-order valence-corrected chi connectivity index (χ2v) is 12.4. The molecule has 1 atom stereocenters. The Labute approximate surface area is 278 Å². The van der Waals surface area contributed by atoms with Gasteiger partial charge >= 0.3 is 6.18 Å². The minimum Gasteiger partial charge on any atom is -0.369 e. The lowest BCUT2D eigenvalue weighted by Gasteiger charge is -2.38. The highest BCUT2D eigenvalue weighted by Crippen LogP contribution is 2.34. The van der Waals surface area contributed by atoms with E-state index in [0.29, 0.717) is 30.6 Å². The Balaban J connectivity index is 1.20. The van der Waals surface area contributed by atoms with Crippen molar-refractivity contribution in [3.05, 3.63) is 76.1 Å². The van der Waals surface area contributed by atoms with Crippen LogP contribution in [0.5, 0.6) is 0 Å². The maximum Gasteiger partial charge on any atom is 0.416 e. The fraction of sp³-hybridized carbons (Fsp3) is 0.333. The second-order valence-electron chi connectivity index (χ2n) is 12.0. The van der Waals surface area contributed by atoms with Gasteiger partial charge < -0.3 is 10.2 Å². The van der Waals surface area contributed by atoms with E-state index in [2.05, 4.69) is 27.6 Å². The number of imide groups is 2. The van der Waals surface area contributed by atoms with E-state index in [1.807, 2.05) is 11.0 Å². The standard InChI is InChI=1S/C33H30ClF3N6O5/c1-19-4-8-23(13-24(19)30(47)42(18-44)27-10-11-28(45)40-29(27)46)41-15-21(16-41)6-5-20-14-38-43(17-20)32(2,3)31(48)39-26-9-7-22(12-25(26)34)33(35,36)37/h4,7-9,12-14,17-18,21,27H,10-11,15-16H2,1-3H3,(H,39,48)(H,40,45,46). The predicted molar refractivity (Wildman–Crippen MR) is 169 cm³/mol. The number of aryl methyl sites for hydroxylation is 1. The van der Waals surface area contributed by atoms with Gasteiger partial charge in [-0.15, -0.1) is 0 Å². The molecule has 48 heavy (non-hydrogen) atoms. The largest absolute Gasteiger partial charge is 0.416 e. The fourth-order valence-electron chi connectivity index (χ4n) is 5.22. The van der Waals surface area contributed by atoms with Gasteiger partial charge in [-0.2, -0.15) is 18.3 Å². The number of hydrogen-bond acceptors (Lipinski definition) is 7. The van der Waals surface area contributed by atoms with E-state index in [1.54, 1.807) is 39.1 Å². The zero-order valence-corrected chi connectivity index (χ0v) is 26.8. The number of nitrogens with zero attached hydrogens (tertiary/aromatic N) is 4. The minimum absolute atomic E-state index is 0.0122. The molecule has 1 unspecified atom stereocenters. The summed E-state index contributed by atoms with van der Waals surface area (Å²) in [6, 6.07) is 6.88. The summed E-state index contributed by atoms with van der Waals surface area (Å²) in [5.74, 6) is 3.89. The lowest BCUT2D eigenvalue weighted by Crippen LogP contribution is -2.54. The Kier molecular flexibility index (Phi) is 9.37. The molecular formula is C33H30ClF3N6O5. The molecule has 2 N–H and O–H groups in total. The lowest BCUT2D eigenvalue weighted by atomic mass is 9.97. The van der Waals surface area contributed by atoms with E-state index >= 15 is 0 Å². The second kappa shape index (κ2) is 13.2. The summed E-state index contributed by atoms with van der Waals surface area (Å²) in [4.78, 5) is 64.8. The molecule has 1 aromatic heterocycles. The third-order valence-corrected chi connectivity index (χ3v) is 8.58. The van der Waals surface area contributed by atoms with Crippen molar-refractivity contribution in [1.29, 1.82) is 0 Å². The zero-order chi connectivity index (χ0) is 35.0. The molecule has 0 bridgehead atoms. The molecule has 15 heteroatoms. The van der Waals surface area contributed by atoms with Crippen molar-refractivity contribution in [3.63, 3.8) is 0 Å². The van der Waals surface area contributed by atoms with Crippen LogP contribution in [0.15, 0.2) is 48.8 Å². The molecule has 0 saturated carbocycles. The molecule has 2 fully saturated rings. The minimum atomic E-state index is -4.57. The monoisotopic (exact) mass is 682 g/mol. The summed E-state index contributed by atoms with van der Waals surface area (Å²) in [5.41, 5.74) is 0.0372. The Hall–Kier alpha value is -5.16. The molecule has 0 radical (unpaired) electrons. The molecule has 2 aliphatic heterocycles. The predicted octanol–water partition coefficient (Wildman–Crippen LogP) is 4.13. The van der Waals surface area contributed by atoms with Crippen molar-refractivity contribution in [3.8, 4) is 11.8 Å². The molecule has 5 rings (SSSR count). The number of aromatic nitrogens is 2. The number of carbonyl (C=O) groups is 5. The van der Waals surface area contributed by atoms with Crippen molar-refractivity contribution >= 4 is 53.0 Å². The van der Waals surface area contributed by atoms with Crippen molar-refractivity contribution < 1.29 is 37.1 Å². The number of rotatable bonds is 7. The van der Waals surface area contributed by atoms with Crippen LogP contribution in [0, 0.1) is 24.7 Å². The molecule has 3 heterocycles. The van der Waals surface area contributed by atoms with Crippen LogP contribution in [0.25, 0.3) is 0 Å². The van der Waals surface area contributed by atoms with Gasteiger partial charge in [-0.3, -0.25) is 38.9 Å². The first kappa shape index (κ1) is 34.2. The number of amides is 5. The number of nitrogens with one attached hydrogen (secondary N) is 2. The summed E-state index contributed by atoms with van der Waals surface area (Å²) < 4.78 is 40.3. The first-order valence-corrected chi connectivity index (χ1v) is 15.2. The highest BCUT2D eigenvalue weighted by molar-refractivity contribution is 6.33. The van der Waals surface area contributed by atoms with Crippen molar-refractivity contribution in [2.24, 2.45) is 5.92 Å². The topological polar surface area (TPSA) is 134 Å². The summed E-state index contributed by atoms with van der Waals surface area (Å²) in [5, 5.41) is 8.73. The first-order chi connectivity index (χ1) is 22.6. The Morgan fingerprint density at radius 1 is 1.15 bits per heavy atom. The van der Waals surface area contributed by atoms with Gasteiger partial charge in [-0.1, -0.05) is 29.5 Å². The number of hydrogen-bond donors (Lipinski definition) is 2. The van der Waals surface area contributed by atoms with Gasteiger partial charge in [0.15, 0.2) is 0 Å². The molecule has 5 amide bonds. The van der Waals surface area contributed by atoms with Gasteiger partial charge in [0.25, 0.3) is 11.8 Å². The van der Waals surface area contributed by atoms with Gasteiger partial charge in [0.2, 0.25) is 18.2 Å². The summed E-state index contributed by atoms with van der Waals surface area (Å²) >= 11 is 5.99. The number of benzene rings is 2. The Morgan fingerprint density at radius 3 is 2.52 bits per heavy atom. The molecule has 2 saturated heterocycles. The van der Waals surface area contributed by atoms with Crippen LogP contribution >= 0.6 is 11.6 Å². The molecule has 2 aliphatic rings. The van der Waals surface area contributed by atoms with Crippen molar-refractivity contribution in [2.75, 3.05) is 23.3 Å². The Morgan fingerprint density at radius 2 is 1.88 bits per heavy atom. The van der Waals surface area contributed by atoms with Crippen LogP contribution < -0.4 is 15.5 Å². The van der Waals surface area contributed by atoms with E-state index in [-0.39, 0.29) is 35.0 Å². The highest BCUT2D eigenvalue weighted by atomic mass is 35.5. The fourth-order valence-corrected chi connectivity index (χ4v) is 5.45. The molecule has 11 nitrogen and oxygen atoms in total. The van der Waals surface area contributed by atoms with Gasteiger partial charge in [0.1, 0.15) is 11.6 Å². The molecule has 0 spiro atoms. The first-order valence-electron chi connectivity index (χ1n) is 14.8. The van der Waals surface area contributed by atoms with Gasteiger partial charge in [0.05, 0.1) is 34.0 Å². The van der Waals surface area contributed by atoms with Crippen LogP contribution in [0.4, 0.5) is 24.5 Å². The van der Waals surface area contributed by atoms with Crippen LogP contribution in [-0.4, -0.2) is 63.9 Å². The molecule has 3 aromatic rings. The van der Waals surface area contributed by atoms with E-state index in [1.165, 1.54) is 10.9 Å². The van der Waals surface area contributed by atoms with E-state index in [0.717, 1.165) is 28.8 Å². The number of piperidine rings is 1. The van der Waals surface area contributed by atoms with Crippen molar-refractivity contribution in [2.45, 2.75) is 51.4 Å². The van der Waals surface area contributed by atoms with Crippen molar-refractivity contribution in [1.82, 2.24) is 20.0 Å². The lowest BCUT2D eigenvalue weighted by molar-refractivity contribution is -0.139. The third kappa shape index (κ3) is 7.06. The molecular weight excluding hydrogens is 653 g/mol.